The van der Waals surface area contributed by atoms with E-state index in [1.165, 1.54) is 0 Å². The van der Waals surface area contributed by atoms with Crippen LogP contribution in [-0.2, 0) is 0 Å². The van der Waals surface area contributed by atoms with Crippen molar-refractivity contribution in [1.82, 2.24) is 0 Å². The Bertz CT molecular complexity index is 405. The van der Waals surface area contributed by atoms with Crippen LogP contribution in [0.4, 0.5) is 21.7 Å². The van der Waals surface area contributed by atoms with Gasteiger partial charge in [-0.05, 0) is 17.7 Å². The first-order valence-electron chi connectivity index (χ1n) is 4.55. The molecule has 0 unspecified atom stereocenters. The summed E-state index contributed by atoms with van der Waals surface area (Å²) in [4.78, 5) is 0. The summed E-state index contributed by atoms with van der Waals surface area (Å²) >= 11 is 0. The number of hydrogen-bond donors (Lipinski definition) is 0. The molecule has 96 valence electrons. The minimum absolute atomic E-state index is 0.161. The largest absolute Gasteiger partial charge is 0.510 e. The summed E-state index contributed by atoms with van der Waals surface area (Å²) in [6, 6.07) is 1.17. The lowest BCUT2D eigenvalue weighted by Gasteiger charge is -2.21. The van der Waals surface area contributed by atoms with Crippen molar-refractivity contribution in [3.63, 3.8) is 0 Å². The third kappa shape index (κ3) is 2.80. The van der Waals surface area contributed by atoms with E-state index in [4.69, 9.17) is 0 Å². The lowest BCUT2D eigenvalue weighted by molar-refractivity contribution is 0.151. The lowest BCUT2D eigenvalue weighted by atomic mass is 9.76. The van der Waals surface area contributed by atoms with Gasteiger partial charge in [-0.3, -0.25) is 0 Å². The van der Waals surface area contributed by atoms with Gasteiger partial charge in [0.25, 0.3) is 6.43 Å². The molecule has 0 N–H and O–H groups in total. The van der Waals surface area contributed by atoms with Crippen LogP contribution in [0.25, 0.3) is 0 Å². The van der Waals surface area contributed by atoms with Crippen LogP contribution in [0.1, 0.15) is 12.0 Å². The van der Waals surface area contributed by atoms with E-state index in [1.54, 1.807) is 0 Å². The number of halogens is 5. The second kappa shape index (κ2) is 4.81. The maximum Gasteiger partial charge on any atom is 0.510 e. The van der Waals surface area contributed by atoms with Gasteiger partial charge in [0.2, 0.25) is 0 Å². The molecule has 0 radical (unpaired) electrons. The molecule has 2 nitrogen and oxygen atoms in total. The fourth-order valence-corrected chi connectivity index (χ4v) is 1.38. The fraction of sp³-hybridized carbons (Fsp3) is 0.333. The highest BCUT2D eigenvalue weighted by Crippen LogP contribution is 2.32. The fourth-order valence-electron chi connectivity index (χ4n) is 1.38. The van der Waals surface area contributed by atoms with Gasteiger partial charge in [0.15, 0.2) is 11.5 Å². The summed E-state index contributed by atoms with van der Waals surface area (Å²) in [5, 5.41) is 0. The van der Waals surface area contributed by atoms with Gasteiger partial charge in [-0.25, -0.2) is 8.78 Å². The third-order valence-electron chi connectivity index (χ3n) is 2.18. The lowest BCUT2D eigenvalue weighted by Crippen LogP contribution is -2.37. The zero-order valence-electron chi connectivity index (χ0n) is 9.02. The van der Waals surface area contributed by atoms with Gasteiger partial charge in [-0.2, -0.15) is 0 Å². The average molecular weight is 255 g/mol. The highest BCUT2D eigenvalue weighted by Gasteiger charge is 2.32. The van der Waals surface area contributed by atoms with Crippen molar-refractivity contribution in [2.24, 2.45) is 0 Å². The smallest absolute Gasteiger partial charge is 0.493 e. The van der Waals surface area contributed by atoms with E-state index >= 15 is 0 Å². The Morgan fingerprint density at radius 2 is 1.47 bits per heavy atom. The van der Waals surface area contributed by atoms with Crippen LogP contribution in [0.5, 0.6) is 11.5 Å². The standard InChI is InChI=1S/C9H9BF5O2/c1-16-7-3-5(9(11)12)6(10(13,14)15)4-8(7)17-2/h3-4,9H,1-2H3/q-1. The molecular formula is C9H9BF5O2-. The Morgan fingerprint density at radius 1 is 1.00 bits per heavy atom. The first-order chi connectivity index (χ1) is 7.81. The van der Waals surface area contributed by atoms with Crippen molar-refractivity contribution in [3.8, 4) is 11.5 Å². The highest BCUT2D eigenvalue weighted by atomic mass is 19.4. The first-order valence-corrected chi connectivity index (χ1v) is 4.55. The van der Waals surface area contributed by atoms with Gasteiger partial charge < -0.3 is 22.4 Å². The summed E-state index contributed by atoms with van der Waals surface area (Å²) in [7, 11) is 2.29. The number of hydrogen-bond acceptors (Lipinski definition) is 2. The van der Waals surface area contributed by atoms with E-state index in [1.807, 2.05) is 0 Å². The average Bonchev–Trinajstić information content (AvgIpc) is 2.25. The Kier molecular flexibility index (Phi) is 3.85. The minimum atomic E-state index is -5.53. The van der Waals surface area contributed by atoms with Crippen molar-refractivity contribution < 1.29 is 31.2 Å². The van der Waals surface area contributed by atoms with Crippen LogP contribution in [0, 0.1) is 0 Å². The van der Waals surface area contributed by atoms with Gasteiger partial charge in [0, 0.05) is 0 Å². The van der Waals surface area contributed by atoms with Crippen molar-refractivity contribution in [2.45, 2.75) is 6.43 Å². The zero-order chi connectivity index (χ0) is 13.2. The van der Waals surface area contributed by atoms with E-state index in [-0.39, 0.29) is 11.5 Å². The maximum absolute atomic E-state index is 12.6. The quantitative estimate of drug-likeness (QED) is 0.608. The Balaban J connectivity index is 3.46. The van der Waals surface area contributed by atoms with Crippen LogP contribution < -0.4 is 14.9 Å². The zero-order valence-corrected chi connectivity index (χ0v) is 9.02. The van der Waals surface area contributed by atoms with Gasteiger partial charge in [0.1, 0.15) is 0 Å². The molecule has 0 aromatic heterocycles. The molecule has 0 heterocycles. The molecule has 0 atom stereocenters. The van der Waals surface area contributed by atoms with Gasteiger partial charge in [-0.1, -0.05) is 5.46 Å². The normalized spacial score (nSPS) is 11.8. The molecule has 0 aliphatic rings. The van der Waals surface area contributed by atoms with Crippen LogP contribution in [0.2, 0.25) is 0 Å². The second-order valence-electron chi connectivity index (χ2n) is 3.21. The molecule has 1 aromatic rings. The molecule has 8 heteroatoms. The molecule has 0 aliphatic carbocycles. The molecule has 0 amide bonds. The molecule has 1 rings (SSSR count). The molecule has 17 heavy (non-hydrogen) atoms. The molecule has 0 saturated heterocycles. The van der Waals surface area contributed by atoms with Gasteiger partial charge >= 0.3 is 6.98 Å². The Hall–Kier alpha value is -1.47. The number of benzene rings is 1. The maximum atomic E-state index is 12.6. The SMILES string of the molecule is COc1cc(C(F)F)c([B-](F)(F)F)cc1OC. The van der Waals surface area contributed by atoms with E-state index in [2.05, 4.69) is 9.47 Å². The molecule has 0 saturated carbocycles. The van der Waals surface area contributed by atoms with E-state index < -0.39 is 24.4 Å². The number of alkyl halides is 2. The number of ether oxygens (including phenoxy) is 2. The molecule has 0 aliphatic heterocycles. The summed E-state index contributed by atoms with van der Waals surface area (Å²) in [6.07, 6.45) is -3.23. The summed E-state index contributed by atoms with van der Waals surface area (Å²) in [5.74, 6) is -0.391. The summed E-state index contributed by atoms with van der Waals surface area (Å²) < 4.78 is 72.2. The predicted molar refractivity (Wildman–Crippen MR) is 53.2 cm³/mol. The monoisotopic (exact) mass is 255 g/mol. The van der Waals surface area contributed by atoms with Crippen molar-refractivity contribution >= 4 is 12.4 Å². The van der Waals surface area contributed by atoms with Crippen LogP contribution in [0.3, 0.4) is 0 Å². The van der Waals surface area contributed by atoms with Crippen molar-refractivity contribution in [2.75, 3.05) is 14.2 Å². The minimum Gasteiger partial charge on any atom is -0.493 e. The first kappa shape index (κ1) is 13.6. The van der Waals surface area contributed by atoms with Crippen LogP contribution in [-0.4, -0.2) is 21.2 Å². The highest BCUT2D eigenvalue weighted by molar-refractivity contribution is 6.74. The van der Waals surface area contributed by atoms with Gasteiger partial charge in [0.05, 0.1) is 14.2 Å². The van der Waals surface area contributed by atoms with Crippen LogP contribution >= 0.6 is 0 Å². The molecule has 0 fully saturated rings. The van der Waals surface area contributed by atoms with Crippen LogP contribution in [0.15, 0.2) is 12.1 Å². The number of methoxy groups -OCH3 is 2. The Morgan fingerprint density at radius 3 is 1.82 bits per heavy atom. The molecule has 0 bridgehead atoms. The molecule has 0 spiro atoms. The Labute approximate surface area is 94.4 Å². The van der Waals surface area contributed by atoms with E-state index in [9.17, 15) is 21.7 Å². The summed E-state index contributed by atoms with van der Waals surface area (Å²) in [6.45, 7) is -5.53. The second-order valence-corrected chi connectivity index (χ2v) is 3.21. The third-order valence-corrected chi connectivity index (χ3v) is 2.18. The van der Waals surface area contributed by atoms with Gasteiger partial charge in [-0.15, -0.1) is 0 Å². The predicted octanol–water partition coefficient (Wildman–Crippen LogP) is 2.70. The topological polar surface area (TPSA) is 18.5 Å². The molecule has 1 aromatic carbocycles. The summed E-state index contributed by atoms with van der Waals surface area (Å²) in [5.41, 5.74) is -2.47. The van der Waals surface area contributed by atoms with E-state index in [0.29, 0.717) is 12.1 Å². The van der Waals surface area contributed by atoms with Crippen molar-refractivity contribution in [1.29, 1.82) is 0 Å². The van der Waals surface area contributed by atoms with Crippen molar-refractivity contribution in [3.05, 3.63) is 17.7 Å². The number of rotatable bonds is 4. The molecular weight excluding hydrogens is 246 g/mol. The van der Waals surface area contributed by atoms with E-state index in [0.717, 1.165) is 14.2 Å².